The van der Waals surface area contributed by atoms with E-state index in [1.54, 1.807) is 0 Å². The number of hydrogen-bond donors (Lipinski definition) is 1. The van der Waals surface area contributed by atoms with Crippen molar-refractivity contribution in [2.75, 3.05) is 6.54 Å². The Morgan fingerprint density at radius 1 is 1.05 bits per heavy atom. The largest absolute Gasteiger partial charge is 0.313 e. The van der Waals surface area contributed by atoms with Crippen LogP contribution in [0.5, 0.6) is 0 Å². The van der Waals surface area contributed by atoms with Crippen molar-refractivity contribution in [1.29, 1.82) is 0 Å². The maximum absolute atomic E-state index is 3.71. The van der Waals surface area contributed by atoms with Gasteiger partial charge in [-0.1, -0.05) is 58.4 Å². The molecule has 19 heavy (non-hydrogen) atoms. The molecule has 0 heterocycles. The lowest BCUT2D eigenvalue weighted by Crippen LogP contribution is -2.27. The van der Waals surface area contributed by atoms with Gasteiger partial charge in [0.25, 0.3) is 0 Å². The highest BCUT2D eigenvalue weighted by Gasteiger charge is 2.24. The molecule has 0 radical (unpaired) electrons. The Kier molecular flexibility index (Phi) is 5.04. The molecule has 1 aromatic rings. The maximum Gasteiger partial charge on any atom is 0.00684 e. The summed E-state index contributed by atoms with van der Waals surface area (Å²) in [6.07, 6.45) is 4.00. The van der Waals surface area contributed by atoms with Crippen molar-refractivity contribution in [3.8, 4) is 0 Å². The van der Waals surface area contributed by atoms with Crippen LogP contribution in [-0.4, -0.2) is 12.6 Å². The van der Waals surface area contributed by atoms with E-state index < -0.39 is 0 Å². The normalized spacial score (nSPS) is 18.6. The van der Waals surface area contributed by atoms with Crippen LogP contribution in [0, 0.1) is 5.92 Å². The zero-order valence-electron chi connectivity index (χ0n) is 12.9. The van der Waals surface area contributed by atoms with E-state index in [0.29, 0.717) is 11.8 Å². The summed E-state index contributed by atoms with van der Waals surface area (Å²) in [5.74, 6) is 2.03. The van der Waals surface area contributed by atoms with E-state index in [0.717, 1.165) is 18.5 Å². The van der Waals surface area contributed by atoms with Crippen molar-refractivity contribution in [3.05, 3.63) is 35.4 Å². The zero-order valence-corrected chi connectivity index (χ0v) is 12.9. The third-order valence-corrected chi connectivity index (χ3v) is 4.57. The van der Waals surface area contributed by atoms with Gasteiger partial charge < -0.3 is 5.32 Å². The second kappa shape index (κ2) is 6.56. The van der Waals surface area contributed by atoms with Crippen LogP contribution in [0.15, 0.2) is 24.3 Å². The minimum Gasteiger partial charge on any atom is -0.313 e. The number of nitrogens with one attached hydrogen (secondary N) is 1. The third kappa shape index (κ3) is 4.07. The highest BCUT2D eigenvalue weighted by molar-refractivity contribution is 5.28. The lowest BCUT2D eigenvalue weighted by atomic mass is 9.84. The van der Waals surface area contributed by atoms with Gasteiger partial charge in [0.2, 0.25) is 0 Å². The fraction of sp³-hybridized carbons (Fsp3) is 0.667. The molecular weight excluding hydrogens is 230 g/mol. The molecule has 1 fully saturated rings. The molecule has 1 saturated carbocycles. The highest BCUT2D eigenvalue weighted by Crippen LogP contribution is 2.29. The first kappa shape index (κ1) is 14.6. The minimum atomic E-state index is 0.626. The van der Waals surface area contributed by atoms with E-state index in [2.05, 4.69) is 57.3 Å². The van der Waals surface area contributed by atoms with Gasteiger partial charge in [-0.3, -0.25) is 0 Å². The molecule has 2 rings (SSSR count). The standard InChI is InChI=1S/C18H29N/c1-5-14(4)18(12-19-17-10-11-17)16-8-6-15(7-9-16)13(2)3/h6-9,13-14,17-19H,5,10-12H2,1-4H3. The second-order valence-corrected chi connectivity index (χ2v) is 6.50. The predicted octanol–water partition coefficient (Wildman–Crippen LogP) is 4.69. The molecule has 0 aliphatic heterocycles. The van der Waals surface area contributed by atoms with Gasteiger partial charge in [0.15, 0.2) is 0 Å². The highest BCUT2D eigenvalue weighted by atomic mass is 14.9. The molecule has 1 nitrogen and oxygen atoms in total. The second-order valence-electron chi connectivity index (χ2n) is 6.50. The Hall–Kier alpha value is -0.820. The van der Waals surface area contributed by atoms with Gasteiger partial charge in [0, 0.05) is 12.6 Å². The maximum atomic E-state index is 3.71. The minimum absolute atomic E-state index is 0.626. The first-order chi connectivity index (χ1) is 9.11. The third-order valence-electron chi connectivity index (χ3n) is 4.57. The van der Waals surface area contributed by atoms with Crippen molar-refractivity contribution in [1.82, 2.24) is 5.32 Å². The molecule has 1 aliphatic rings. The van der Waals surface area contributed by atoms with Crippen LogP contribution < -0.4 is 5.32 Å². The average molecular weight is 259 g/mol. The number of benzene rings is 1. The lowest BCUT2D eigenvalue weighted by molar-refractivity contribution is 0.419. The monoisotopic (exact) mass is 259 g/mol. The van der Waals surface area contributed by atoms with Crippen LogP contribution in [0.1, 0.15) is 69.9 Å². The summed E-state index contributed by atoms with van der Waals surface area (Å²) in [4.78, 5) is 0. The van der Waals surface area contributed by atoms with Crippen LogP contribution in [0.3, 0.4) is 0 Å². The molecule has 0 amide bonds. The van der Waals surface area contributed by atoms with Crippen molar-refractivity contribution in [2.24, 2.45) is 5.92 Å². The summed E-state index contributed by atoms with van der Waals surface area (Å²) in [5, 5.41) is 3.71. The molecule has 0 saturated heterocycles. The van der Waals surface area contributed by atoms with Crippen LogP contribution >= 0.6 is 0 Å². The van der Waals surface area contributed by atoms with Gasteiger partial charge in [0.05, 0.1) is 0 Å². The quantitative estimate of drug-likeness (QED) is 0.749. The van der Waals surface area contributed by atoms with Gasteiger partial charge in [-0.25, -0.2) is 0 Å². The molecule has 0 bridgehead atoms. The lowest BCUT2D eigenvalue weighted by Gasteiger charge is -2.24. The Balaban J connectivity index is 2.06. The molecule has 1 heteroatoms. The van der Waals surface area contributed by atoms with Gasteiger partial charge in [-0.05, 0) is 41.7 Å². The van der Waals surface area contributed by atoms with Crippen LogP contribution in [-0.2, 0) is 0 Å². The predicted molar refractivity (Wildman–Crippen MR) is 83.8 cm³/mol. The molecule has 1 N–H and O–H groups in total. The molecule has 0 aromatic heterocycles. The van der Waals surface area contributed by atoms with Crippen LogP contribution in [0.2, 0.25) is 0 Å². The van der Waals surface area contributed by atoms with E-state index in [-0.39, 0.29) is 0 Å². The smallest absolute Gasteiger partial charge is 0.00684 e. The van der Waals surface area contributed by atoms with Gasteiger partial charge in [0.1, 0.15) is 0 Å². The van der Waals surface area contributed by atoms with Crippen molar-refractivity contribution in [2.45, 2.75) is 64.8 Å². The number of hydrogen-bond acceptors (Lipinski definition) is 1. The van der Waals surface area contributed by atoms with Gasteiger partial charge in [-0.15, -0.1) is 0 Å². The Morgan fingerprint density at radius 3 is 2.11 bits per heavy atom. The van der Waals surface area contributed by atoms with Gasteiger partial charge >= 0.3 is 0 Å². The molecule has 2 atom stereocenters. The van der Waals surface area contributed by atoms with E-state index >= 15 is 0 Å². The summed E-state index contributed by atoms with van der Waals surface area (Å²) >= 11 is 0. The summed E-state index contributed by atoms with van der Waals surface area (Å²) < 4.78 is 0. The summed E-state index contributed by atoms with van der Waals surface area (Å²) in [7, 11) is 0. The topological polar surface area (TPSA) is 12.0 Å². The summed E-state index contributed by atoms with van der Waals surface area (Å²) in [5.41, 5.74) is 2.95. The summed E-state index contributed by atoms with van der Waals surface area (Å²) in [6, 6.07) is 10.1. The number of rotatable bonds is 7. The zero-order chi connectivity index (χ0) is 13.8. The Morgan fingerprint density at radius 2 is 1.63 bits per heavy atom. The van der Waals surface area contributed by atoms with Crippen LogP contribution in [0.25, 0.3) is 0 Å². The molecule has 106 valence electrons. The van der Waals surface area contributed by atoms with E-state index in [1.165, 1.54) is 30.4 Å². The fourth-order valence-electron chi connectivity index (χ4n) is 2.64. The molecule has 1 aromatic carbocycles. The van der Waals surface area contributed by atoms with E-state index in [1.807, 2.05) is 0 Å². The van der Waals surface area contributed by atoms with Crippen molar-refractivity contribution < 1.29 is 0 Å². The SMILES string of the molecule is CCC(C)C(CNC1CC1)c1ccc(C(C)C)cc1. The average Bonchev–Trinajstić information content (AvgIpc) is 3.23. The first-order valence-corrected chi connectivity index (χ1v) is 7.95. The molecule has 1 aliphatic carbocycles. The fourth-order valence-corrected chi connectivity index (χ4v) is 2.64. The molecule has 0 spiro atoms. The van der Waals surface area contributed by atoms with E-state index in [9.17, 15) is 0 Å². The molecule has 2 unspecified atom stereocenters. The first-order valence-electron chi connectivity index (χ1n) is 7.95. The summed E-state index contributed by atoms with van der Waals surface area (Å²) in [6.45, 7) is 10.3. The van der Waals surface area contributed by atoms with Crippen molar-refractivity contribution in [3.63, 3.8) is 0 Å². The Bertz CT molecular complexity index is 375. The van der Waals surface area contributed by atoms with Crippen LogP contribution in [0.4, 0.5) is 0 Å². The Labute approximate surface area is 118 Å². The van der Waals surface area contributed by atoms with Gasteiger partial charge in [-0.2, -0.15) is 0 Å². The van der Waals surface area contributed by atoms with E-state index in [4.69, 9.17) is 0 Å². The molecular formula is C18H29N. The van der Waals surface area contributed by atoms with Crippen molar-refractivity contribution >= 4 is 0 Å².